The summed E-state index contributed by atoms with van der Waals surface area (Å²) >= 11 is 0. The Hall–Kier alpha value is -4.06. The molecular weight excluding hydrogens is 442 g/mol. The predicted octanol–water partition coefficient (Wildman–Crippen LogP) is 5.81. The Balaban J connectivity index is 1.85. The maximum absolute atomic E-state index is 13.3. The average molecular weight is 472 g/mol. The lowest BCUT2D eigenvalue weighted by atomic mass is 9.94. The molecule has 35 heavy (non-hydrogen) atoms. The molecule has 3 aromatic carbocycles. The number of rotatable bonds is 8. The summed E-state index contributed by atoms with van der Waals surface area (Å²) < 4.78 is 11.4. The highest BCUT2D eigenvalue weighted by molar-refractivity contribution is 6.51. The van der Waals surface area contributed by atoms with Gasteiger partial charge in [-0.05, 0) is 61.7 Å². The summed E-state index contributed by atoms with van der Waals surface area (Å²) in [7, 11) is 0. The maximum atomic E-state index is 13.3. The summed E-state index contributed by atoms with van der Waals surface area (Å²) in [6.45, 7) is 6.85. The van der Waals surface area contributed by atoms with E-state index in [9.17, 15) is 14.7 Å². The zero-order valence-corrected chi connectivity index (χ0v) is 20.2. The second-order valence-electron chi connectivity index (χ2n) is 8.34. The van der Waals surface area contributed by atoms with Crippen molar-refractivity contribution in [3.05, 3.63) is 95.1 Å². The van der Waals surface area contributed by atoms with Crippen LogP contribution in [0.4, 0.5) is 5.69 Å². The number of ether oxygens (including phenoxy) is 2. The van der Waals surface area contributed by atoms with Gasteiger partial charge >= 0.3 is 0 Å². The molecule has 0 spiro atoms. The molecule has 1 atom stereocenters. The van der Waals surface area contributed by atoms with Gasteiger partial charge < -0.3 is 14.6 Å². The molecule has 6 heteroatoms. The fraction of sp³-hybridized carbons (Fsp3) is 0.241. The van der Waals surface area contributed by atoms with Crippen LogP contribution in [0, 0.1) is 6.92 Å². The van der Waals surface area contributed by atoms with Crippen molar-refractivity contribution in [1.29, 1.82) is 0 Å². The van der Waals surface area contributed by atoms with Crippen LogP contribution < -0.4 is 14.4 Å². The number of hydrogen-bond donors (Lipinski definition) is 1. The van der Waals surface area contributed by atoms with Gasteiger partial charge in [0.2, 0.25) is 0 Å². The van der Waals surface area contributed by atoms with E-state index in [4.69, 9.17) is 9.47 Å². The lowest BCUT2D eigenvalue weighted by Gasteiger charge is -2.26. The Morgan fingerprint density at radius 1 is 0.943 bits per heavy atom. The molecule has 180 valence electrons. The molecule has 0 radical (unpaired) electrons. The number of aryl methyl sites for hydroxylation is 1. The third-order valence-electron chi connectivity index (χ3n) is 5.88. The van der Waals surface area contributed by atoms with Crippen molar-refractivity contribution in [2.75, 3.05) is 18.1 Å². The number of Topliss-reactive ketones (excluding diaryl/α,β-unsaturated/α-hetero) is 1. The van der Waals surface area contributed by atoms with Crippen LogP contribution in [0.3, 0.4) is 0 Å². The summed E-state index contributed by atoms with van der Waals surface area (Å²) in [5.74, 6) is -0.337. The number of carbonyl (C=O) groups excluding carboxylic acids is 2. The second kappa shape index (κ2) is 10.5. The summed E-state index contributed by atoms with van der Waals surface area (Å²) in [5.41, 5.74) is 2.56. The minimum Gasteiger partial charge on any atom is -0.507 e. The molecule has 1 aliphatic rings. The number of aliphatic hydroxyl groups is 1. The largest absolute Gasteiger partial charge is 0.507 e. The lowest BCUT2D eigenvalue weighted by Crippen LogP contribution is -2.29. The van der Waals surface area contributed by atoms with Gasteiger partial charge in [-0.2, -0.15) is 0 Å². The number of ketones is 1. The normalized spacial score (nSPS) is 17.0. The van der Waals surface area contributed by atoms with Crippen molar-refractivity contribution in [2.45, 2.75) is 33.2 Å². The van der Waals surface area contributed by atoms with Crippen molar-refractivity contribution in [3.63, 3.8) is 0 Å². The van der Waals surface area contributed by atoms with Crippen LogP contribution >= 0.6 is 0 Å². The maximum Gasteiger partial charge on any atom is 0.300 e. The Labute approximate surface area is 205 Å². The number of amides is 1. The predicted molar refractivity (Wildman–Crippen MR) is 136 cm³/mol. The molecule has 0 aliphatic carbocycles. The zero-order chi connectivity index (χ0) is 24.9. The van der Waals surface area contributed by atoms with E-state index in [1.807, 2.05) is 57.2 Å². The Morgan fingerprint density at radius 3 is 2.40 bits per heavy atom. The van der Waals surface area contributed by atoms with Gasteiger partial charge in [0.05, 0.1) is 24.8 Å². The zero-order valence-electron chi connectivity index (χ0n) is 20.2. The highest BCUT2D eigenvalue weighted by Gasteiger charge is 2.47. The van der Waals surface area contributed by atoms with Crippen LogP contribution in [0.1, 0.15) is 43.0 Å². The molecule has 6 nitrogen and oxygen atoms in total. The molecule has 1 aliphatic heterocycles. The quantitative estimate of drug-likeness (QED) is 0.255. The summed E-state index contributed by atoms with van der Waals surface area (Å²) in [5, 5.41) is 11.3. The summed E-state index contributed by atoms with van der Waals surface area (Å²) in [6, 6.07) is 20.8. The van der Waals surface area contributed by atoms with Crippen LogP contribution in [0.2, 0.25) is 0 Å². The minimum atomic E-state index is -0.788. The van der Waals surface area contributed by atoms with Gasteiger partial charge in [0.15, 0.2) is 0 Å². The van der Waals surface area contributed by atoms with Crippen LogP contribution in [0.25, 0.3) is 5.76 Å². The third-order valence-corrected chi connectivity index (χ3v) is 5.88. The Morgan fingerprint density at radius 2 is 1.71 bits per heavy atom. The minimum absolute atomic E-state index is 0.0460. The smallest absolute Gasteiger partial charge is 0.300 e. The van der Waals surface area contributed by atoms with E-state index in [-0.39, 0.29) is 11.3 Å². The molecular formula is C29H29NO5. The third kappa shape index (κ3) is 4.78. The standard InChI is InChI=1S/C29H29NO5/c1-4-16-35-23-13-9-12-22(18-23)30-26(20-10-7-6-8-11-20)25(28(32)29(30)33)27(31)21-14-15-24(34-5-2)19(3)17-21/h6-15,17-18,26,31H,4-5,16H2,1-3H3/b27-25+. The topological polar surface area (TPSA) is 76.1 Å². The van der Waals surface area contributed by atoms with Crippen molar-refractivity contribution < 1.29 is 24.2 Å². The van der Waals surface area contributed by atoms with Gasteiger partial charge in [0.1, 0.15) is 17.3 Å². The fourth-order valence-corrected chi connectivity index (χ4v) is 4.26. The van der Waals surface area contributed by atoms with E-state index in [0.29, 0.717) is 36.0 Å². The van der Waals surface area contributed by atoms with Crippen molar-refractivity contribution in [1.82, 2.24) is 0 Å². The van der Waals surface area contributed by atoms with E-state index in [2.05, 4.69) is 0 Å². The first kappa shape index (κ1) is 24.1. The molecule has 0 saturated carbocycles. The second-order valence-corrected chi connectivity index (χ2v) is 8.34. The lowest BCUT2D eigenvalue weighted by molar-refractivity contribution is -0.132. The number of carbonyl (C=O) groups is 2. The molecule has 3 aromatic rings. The van der Waals surface area contributed by atoms with Crippen LogP contribution in [-0.2, 0) is 9.59 Å². The molecule has 0 bridgehead atoms. The fourth-order valence-electron chi connectivity index (χ4n) is 4.26. The highest BCUT2D eigenvalue weighted by atomic mass is 16.5. The van der Waals surface area contributed by atoms with E-state index in [1.165, 1.54) is 4.90 Å². The molecule has 4 rings (SSSR count). The van der Waals surface area contributed by atoms with Gasteiger partial charge in [0.25, 0.3) is 11.7 Å². The molecule has 1 N–H and O–H groups in total. The van der Waals surface area contributed by atoms with Crippen LogP contribution in [0.15, 0.2) is 78.4 Å². The van der Waals surface area contributed by atoms with E-state index >= 15 is 0 Å². The number of aliphatic hydroxyl groups excluding tert-OH is 1. The van der Waals surface area contributed by atoms with Gasteiger partial charge in [-0.3, -0.25) is 14.5 Å². The summed E-state index contributed by atoms with van der Waals surface area (Å²) in [6.07, 6.45) is 0.847. The van der Waals surface area contributed by atoms with Crippen molar-refractivity contribution in [2.24, 2.45) is 0 Å². The molecule has 1 fully saturated rings. The first-order chi connectivity index (χ1) is 17.0. The van der Waals surface area contributed by atoms with Gasteiger partial charge in [-0.15, -0.1) is 0 Å². The van der Waals surface area contributed by atoms with Gasteiger partial charge in [0, 0.05) is 17.3 Å². The van der Waals surface area contributed by atoms with Gasteiger partial charge in [-0.1, -0.05) is 43.3 Å². The number of nitrogens with zero attached hydrogens (tertiary/aromatic N) is 1. The monoisotopic (exact) mass is 471 g/mol. The molecule has 1 amide bonds. The van der Waals surface area contributed by atoms with E-state index < -0.39 is 17.7 Å². The molecule has 1 unspecified atom stereocenters. The number of benzene rings is 3. The Kier molecular flexibility index (Phi) is 7.20. The van der Waals surface area contributed by atoms with Crippen LogP contribution in [-0.4, -0.2) is 30.0 Å². The average Bonchev–Trinajstić information content (AvgIpc) is 3.14. The molecule has 1 saturated heterocycles. The van der Waals surface area contributed by atoms with E-state index in [0.717, 1.165) is 17.5 Å². The number of hydrogen-bond acceptors (Lipinski definition) is 5. The van der Waals surface area contributed by atoms with Crippen molar-refractivity contribution in [3.8, 4) is 11.5 Å². The number of anilines is 1. The van der Waals surface area contributed by atoms with Gasteiger partial charge in [-0.25, -0.2) is 0 Å². The molecule has 1 heterocycles. The molecule has 0 aromatic heterocycles. The summed E-state index contributed by atoms with van der Waals surface area (Å²) in [4.78, 5) is 28.1. The Bertz CT molecular complexity index is 1270. The first-order valence-corrected chi connectivity index (χ1v) is 11.8. The van der Waals surface area contributed by atoms with Crippen molar-refractivity contribution >= 4 is 23.1 Å². The first-order valence-electron chi connectivity index (χ1n) is 11.8. The van der Waals surface area contributed by atoms with E-state index in [1.54, 1.807) is 36.4 Å². The van der Waals surface area contributed by atoms with Crippen LogP contribution in [0.5, 0.6) is 11.5 Å². The highest BCUT2D eigenvalue weighted by Crippen LogP contribution is 2.43. The SMILES string of the molecule is CCCOc1cccc(N2C(=O)C(=O)/C(=C(/O)c3ccc(OCC)c(C)c3)C2c2ccccc2)c1.